The zero-order chi connectivity index (χ0) is 15.9. The quantitative estimate of drug-likeness (QED) is 0.513. The van der Waals surface area contributed by atoms with Crippen LogP contribution in [-0.4, -0.2) is 28.0 Å². The summed E-state index contributed by atoms with van der Waals surface area (Å²) >= 11 is 3.46. The van der Waals surface area contributed by atoms with Crippen molar-refractivity contribution < 1.29 is 4.43 Å². The van der Waals surface area contributed by atoms with Crippen LogP contribution in [0.3, 0.4) is 0 Å². The zero-order valence-corrected chi connectivity index (χ0v) is 16.7. The van der Waals surface area contributed by atoms with Gasteiger partial charge in [0.25, 0.3) is 0 Å². The molecule has 1 aromatic carbocycles. The molecule has 2 nitrogen and oxygen atoms in total. The van der Waals surface area contributed by atoms with Crippen molar-refractivity contribution in [3.05, 3.63) is 34.3 Å². The van der Waals surface area contributed by atoms with Crippen LogP contribution in [-0.2, 0) is 10.8 Å². The van der Waals surface area contributed by atoms with Gasteiger partial charge in [-0.15, -0.1) is 0 Å². The maximum Gasteiger partial charge on any atom is 0.191 e. The van der Waals surface area contributed by atoms with Crippen LogP contribution in [0.2, 0.25) is 18.1 Å². The van der Waals surface area contributed by atoms with Gasteiger partial charge in [-0.3, -0.25) is 0 Å². The molecule has 0 heterocycles. The van der Waals surface area contributed by atoms with Crippen molar-refractivity contribution in [2.24, 2.45) is 0 Å². The summed E-state index contributed by atoms with van der Waals surface area (Å²) in [6, 6.07) is 8.55. The third kappa shape index (κ3) is 7.09. The second-order valence-corrected chi connectivity index (χ2v) is 12.8. The molecule has 1 aromatic rings. The van der Waals surface area contributed by atoms with Gasteiger partial charge in [-0.2, -0.15) is 0 Å². The van der Waals surface area contributed by atoms with Crippen LogP contribution >= 0.6 is 15.9 Å². The lowest BCUT2D eigenvalue weighted by atomic mass is 10.1. The average Bonchev–Trinajstić information content (AvgIpc) is 2.38. The second kappa shape index (κ2) is 8.46. The van der Waals surface area contributed by atoms with Crippen LogP contribution in [0.4, 0.5) is 0 Å². The van der Waals surface area contributed by atoms with E-state index in [1.165, 1.54) is 5.56 Å². The maximum atomic E-state index is 6.17. The molecule has 1 N–H and O–H groups in total. The minimum absolute atomic E-state index is 0.308. The normalized spacial score (nSPS) is 12.7. The average molecular weight is 372 g/mol. The van der Waals surface area contributed by atoms with E-state index in [0.29, 0.717) is 5.04 Å². The van der Waals surface area contributed by atoms with Crippen LogP contribution in [0.15, 0.2) is 28.7 Å². The van der Waals surface area contributed by atoms with E-state index in [9.17, 15) is 0 Å². The third-order valence-corrected chi connectivity index (χ3v) is 9.34. The Labute approximate surface area is 139 Å². The Balaban J connectivity index is 2.09. The van der Waals surface area contributed by atoms with E-state index in [1.807, 2.05) is 0 Å². The number of hydrogen-bond acceptors (Lipinski definition) is 2. The summed E-state index contributed by atoms with van der Waals surface area (Å²) in [5.74, 6) is 0. The molecule has 0 fully saturated rings. The summed E-state index contributed by atoms with van der Waals surface area (Å²) < 4.78 is 7.31. The molecule has 1 rings (SSSR count). The summed E-state index contributed by atoms with van der Waals surface area (Å²) in [6.07, 6.45) is 2.17. The van der Waals surface area contributed by atoms with Gasteiger partial charge < -0.3 is 9.74 Å². The van der Waals surface area contributed by atoms with Crippen molar-refractivity contribution in [1.29, 1.82) is 0 Å². The molecule has 0 radical (unpaired) electrons. The molecule has 0 aliphatic rings. The topological polar surface area (TPSA) is 21.3 Å². The zero-order valence-electron chi connectivity index (χ0n) is 14.1. The van der Waals surface area contributed by atoms with Gasteiger partial charge in [-0.05, 0) is 61.8 Å². The Morgan fingerprint density at radius 3 is 2.29 bits per heavy atom. The van der Waals surface area contributed by atoms with Gasteiger partial charge >= 0.3 is 0 Å². The van der Waals surface area contributed by atoms with Crippen LogP contribution in [0.5, 0.6) is 0 Å². The fourth-order valence-electron chi connectivity index (χ4n) is 1.75. The predicted octanol–water partition coefficient (Wildman–Crippen LogP) is 4.99. The smallest absolute Gasteiger partial charge is 0.191 e. The third-order valence-electron chi connectivity index (χ3n) is 4.27. The molecule has 120 valence electrons. The molecule has 0 aliphatic carbocycles. The molecule has 0 unspecified atom stereocenters. The number of hydrogen-bond donors (Lipinski definition) is 1. The lowest BCUT2D eigenvalue weighted by Gasteiger charge is -2.36. The highest BCUT2D eigenvalue weighted by Gasteiger charge is 2.36. The first kappa shape index (κ1) is 18.9. The fourth-order valence-corrected chi connectivity index (χ4v) is 3.10. The SMILES string of the molecule is CC(C)(C)[Si](C)(C)OCCCNCCc1ccc(Br)cc1. The van der Waals surface area contributed by atoms with E-state index in [1.54, 1.807) is 0 Å². The number of benzene rings is 1. The van der Waals surface area contributed by atoms with Crippen LogP contribution in [0.1, 0.15) is 32.8 Å². The van der Waals surface area contributed by atoms with E-state index < -0.39 is 8.32 Å². The van der Waals surface area contributed by atoms with Crippen molar-refractivity contribution in [3.8, 4) is 0 Å². The molecule has 0 aromatic heterocycles. The van der Waals surface area contributed by atoms with E-state index >= 15 is 0 Å². The van der Waals surface area contributed by atoms with E-state index in [4.69, 9.17) is 4.43 Å². The van der Waals surface area contributed by atoms with Crippen LogP contribution in [0.25, 0.3) is 0 Å². The summed E-state index contributed by atoms with van der Waals surface area (Å²) in [5, 5.41) is 3.80. The Hall–Kier alpha value is -0.163. The van der Waals surface area contributed by atoms with Gasteiger partial charge in [-0.1, -0.05) is 48.8 Å². The molecule has 0 atom stereocenters. The Morgan fingerprint density at radius 1 is 1.10 bits per heavy atom. The van der Waals surface area contributed by atoms with Crippen LogP contribution in [0, 0.1) is 0 Å². The Bertz CT molecular complexity index is 412. The van der Waals surface area contributed by atoms with Gasteiger partial charge in [0.15, 0.2) is 8.32 Å². The summed E-state index contributed by atoms with van der Waals surface area (Å²) in [6.45, 7) is 14.4. The summed E-state index contributed by atoms with van der Waals surface area (Å²) in [7, 11) is -1.56. The first-order valence-electron chi connectivity index (χ1n) is 7.81. The van der Waals surface area contributed by atoms with Crippen molar-refractivity contribution in [3.63, 3.8) is 0 Å². The Kier molecular flexibility index (Phi) is 7.61. The molecular weight excluding hydrogens is 342 g/mol. The molecule has 21 heavy (non-hydrogen) atoms. The van der Waals surface area contributed by atoms with Gasteiger partial charge in [0, 0.05) is 11.1 Å². The highest BCUT2D eigenvalue weighted by molar-refractivity contribution is 9.10. The lowest BCUT2D eigenvalue weighted by Crippen LogP contribution is -2.41. The maximum absolute atomic E-state index is 6.17. The molecule has 0 saturated carbocycles. The van der Waals surface area contributed by atoms with Gasteiger partial charge in [0.1, 0.15) is 0 Å². The number of nitrogens with one attached hydrogen (secondary N) is 1. The number of rotatable bonds is 8. The minimum atomic E-state index is -1.56. The first-order valence-corrected chi connectivity index (χ1v) is 11.5. The largest absolute Gasteiger partial charge is 0.417 e. The lowest BCUT2D eigenvalue weighted by molar-refractivity contribution is 0.280. The van der Waals surface area contributed by atoms with Crippen LogP contribution < -0.4 is 5.32 Å². The summed E-state index contributed by atoms with van der Waals surface area (Å²) in [5.41, 5.74) is 1.38. The first-order chi connectivity index (χ1) is 9.72. The molecule has 0 aliphatic heterocycles. The molecular formula is C17H30BrNOSi. The number of halogens is 1. The van der Waals surface area contributed by atoms with Crippen molar-refractivity contribution in [2.45, 2.75) is 51.7 Å². The standard InChI is InChI=1S/C17H30BrNOSi/c1-17(2,3)21(4,5)20-14-6-12-19-13-11-15-7-9-16(18)10-8-15/h7-10,19H,6,11-14H2,1-5H3. The van der Waals surface area contributed by atoms with Crippen molar-refractivity contribution >= 4 is 24.2 Å². The van der Waals surface area contributed by atoms with Gasteiger partial charge in [0.2, 0.25) is 0 Å². The van der Waals surface area contributed by atoms with Crippen molar-refractivity contribution in [1.82, 2.24) is 5.32 Å². The second-order valence-electron chi connectivity index (χ2n) is 7.09. The molecule has 0 saturated heterocycles. The molecule has 0 amide bonds. The monoisotopic (exact) mass is 371 g/mol. The van der Waals surface area contributed by atoms with E-state index in [-0.39, 0.29) is 0 Å². The Morgan fingerprint density at radius 2 is 1.71 bits per heavy atom. The molecule has 4 heteroatoms. The summed E-state index contributed by atoms with van der Waals surface area (Å²) in [4.78, 5) is 0. The highest BCUT2D eigenvalue weighted by atomic mass is 79.9. The highest BCUT2D eigenvalue weighted by Crippen LogP contribution is 2.36. The molecule has 0 bridgehead atoms. The van der Waals surface area contributed by atoms with Gasteiger partial charge in [-0.25, -0.2) is 0 Å². The van der Waals surface area contributed by atoms with Crippen molar-refractivity contribution in [2.75, 3.05) is 19.7 Å². The predicted molar refractivity (Wildman–Crippen MR) is 98.5 cm³/mol. The fraction of sp³-hybridized carbons (Fsp3) is 0.647. The van der Waals surface area contributed by atoms with Gasteiger partial charge in [0.05, 0.1) is 0 Å². The molecule has 0 spiro atoms. The minimum Gasteiger partial charge on any atom is -0.417 e. The van der Waals surface area contributed by atoms with E-state index in [0.717, 1.165) is 37.0 Å². The van der Waals surface area contributed by atoms with E-state index in [2.05, 4.69) is 79.4 Å².